The second-order valence-corrected chi connectivity index (χ2v) is 6.50. The maximum atomic E-state index is 14.4. The van der Waals surface area contributed by atoms with Gasteiger partial charge in [-0.05, 0) is 31.0 Å². The van der Waals surface area contributed by atoms with Gasteiger partial charge in [0.05, 0.1) is 16.8 Å². The van der Waals surface area contributed by atoms with E-state index < -0.39 is 23.4 Å². The van der Waals surface area contributed by atoms with E-state index in [4.69, 9.17) is 4.74 Å². The molecule has 1 fully saturated rings. The summed E-state index contributed by atoms with van der Waals surface area (Å²) in [5.74, 6) is -2.45. The van der Waals surface area contributed by atoms with Gasteiger partial charge in [-0.3, -0.25) is 19.5 Å². The molecule has 2 aromatic rings. The first-order chi connectivity index (χ1) is 12.5. The molecule has 0 N–H and O–H groups in total. The molecular formula is C19H16F2N2O3. The monoisotopic (exact) mass is 358 g/mol. The molecule has 4 rings (SSSR count). The van der Waals surface area contributed by atoms with Crippen molar-refractivity contribution in [2.24, 2.45) is 0 Å². The molecule has 0 aliphatic carbocycles. The molecule has 0 saturated carbocycles. The maximum Gasteiger partial charge on any atom is 0.263 e. The molecule has 3 heterocycles. The fourth-order valence-electron chi connectivity index (χ4n) is 3.47. The third-order valence-electron chi connectivity index (χ3n) is 4.92. The highest BCUT2D eigenvalue weighted by Crippen LogP contribution is 2.36. The Labute approximate surface area is 148 Å². The highest BCUT2D eigenvalue weighted by atomic mass is 19.1. The summed E-state index contributed by atoms with van der Waals surface area (Å²) in [6, 6.07) is 4.73. The van der Waals surface area contributed by atoms with Crippen molar-refractivity contribution in [3.63, 3.8) is 0 Å². The predicted octanol–water partition coefficient (Wildman–Crippen LogP) is 3.15. The van der Waals surface area contributed by atoms with E-state index in [2.05, 4.69) is 4.98 Å². The second-order valence-electron chi connectivity index (χ2n) is 6.50. The molecule has 0 bridgehead atoms. The molecule has 0 atom stereocenters. The van der Waals surface area contributed by atoms with Crippen molar-refractivity contribution in [3.05, 3.63) is 52.7 Å². The fraction of sp³-hybridized carbons (Fsp3) is 0.316. The summed E-state index contributed by atoms with van der Waals surface area (Å²) in [7, 11) is 1.38. The normalized spacial score (nSPS) is 17.7. The molecule has 0 spiro atoms. The SMILES string of the molecule is CN1C(=O)c2cc(C3CCOCC3)nc(-c3ccc(F)cc3F)c2C1=O. The zero-order chi connectivity index (χ0) is 18.4. The number of hydrogen-bond donors (Lipinski definition) is 0. The zero-order valence-corrected chi connectivity index (χ0v) is 14.1. The lowest BCUT2D eigenvalue weighted by atomic mass is 9.92. The molecule has 2 aliphatic heterocycles. The van der Waals surface area contributed by atoms with E-state index in [-0.39, 0.29) is 28.3 Å². The Morgan fingerprint density at radius 2 is 1.81 bits per heavy atom. The van der Waals surface area contributed by atoms with Crippen LogP contribution in [0.25, 0.3) is 11.3 Å². The van der Waals surface area contributed by atoms with E-state index >= 15 is 0 Å². The lowest BCUT2D eigenvalue weighted by Gasteiger charge is -2.22. The van der Waals surface area contributed by atoms with Crippen LogP contribution in [0.2, 0.25) is 0 Å². The lowest BCUT2D eigenvalue weighted by Crippen LogP contribution is -2.24. The number of benzene rings is 1. The number of aromatic nitrogens is 1. The van der Waals surface area contributed by atoms with Crippen LogP contribution in [0.15, 0.2) is 24.3 Å². The van der Waals surface area contributed by atoms with E-state index in [0.29, 0.717) is 18.9 Å². The van der Waals surface area contributed by atoms with Crippen molar-refractivity contribution in [3.8, 4) is 11.3 Å². The van der Waals surface area contributed by atoms with Gasteiger partial charge in [0.25, 0.3) is 11.8 Å². The van der Waals surface area contributed by atoms with Gasteiger partial charge in [0.2, 0.25) is 0 Å². The Kier molecular flexibility index (Phi) is 4.03. The fourth-order valence-corrected chi connectivity index (χ4v) is 3.47. The van der Waals surface area contributed by atoms with Gasteiger partial charge in [-0.1, -0.05) is 0 Å². The molecular weight excluding hydrogens is 342 g/mol. The van der Waals surface area contributed by atoms with Crippen LogP contribution in [0.3, 0.4) is 0 Å². The highest BCUT2D eigenvalue weighted by molar-refractivity contribution is 6.23. The minimum Gasteiger partial charge on any atom is -0.381 e. The van der Waals surface area contributed by atoms with Gasteiger partial charge < -0.3 is 4.74 Å². The molecule has 1 aromatic heterocycles. The molecule has 2 aliphatic rings. The van der Waals surface area contributed by atoms with Crippen molar-refractivity contribution < 1.29 is 23.1 Å². The van der Waals surface area contributed by atoms with Crippen LogP contribution in [-0.2, 0) is 4.74 Å². The summed E-state index contributed by atoms with van der Waals surface area (Å²) in [4.78, 5) is 30.5. The summed E-state index contributed by atoms with van der Waals surface area (Å²) < 4.78 is 33.1. The summed E-state index contributed by atoms with van der Waals surface area (Å²) in [6.07, 6.45) is 1.46. The summed E-state index contributed by atoms with van der Waals surface area (Å²) >= 11 is 0. The number of fused-ring (bicyclic) bond motifs is 1. The van der Waals surface area contributed by atoms with E-state index in [1.165, 1.54) is 13.1 Å². The van der Waals surface area contributed by atoms with Crippen molar-refractivity contribution in [1.82, 2.24) is 9.88 Å². The molecule has 134 valence electrons. The number of rotatable bonds is 2. The van der Waals surface area contributed by atoms with Crippen molar-refractivity contribution in [1.29, 1.82) is 0 Å². The number of carbonyl (C=O) groups excluding carboxylic acids is 2. The number of carbonyl (C=O) groups is 2. The van der Waals surface area contributed by atoms with E-state index in [0.717, 1.165) is 29.9 Å². The van der Waals surface area contributed by atoms with E-state index in [1.54, 1.807) is 6.07 Å². The summed E-state index contributed by atoms with van der Waals surface area (Å²) in [6.45, 7) is 1.16. The molecule has 0 unspecified atom stereocenters. The Morgan fingerprint density at radius 3 is 2.50 bits per heavy atom. The molecule has 0 radical (unpaired) electrons. The van der Waals surface area contributed by atoms with Gasteiger partial charge in [0, 0.05) is 43.5 Å². The van der Waals surface area contributed by atoms with Crippen LogP contribution in [0.4, 0.5) is 8.78 Å². The number of halogens is 2. The summed E-state index contributed by atoms with van der Waals surface area (Å²) in [5.41, 5.74) is 1.01. The average molecular weight is 358 g/mol. The Bertz CT molecular complexity index is 923. The standard InChI is InChI=1S/C19H16F2N2O3/c1-23-18(24)13-9-15(10-4-6-26-7-5-10)22-17(16(13)19(23)25)12-3-2-11(20)8-14(12)21/h2-3,8-10H,4-7H2,1H3. The number of imide groups is 1. The minimum atomic E-state index is -0.821. The number of hydrogen-bond acceptors (Lipinski definition) is 4. The highest BCUT2D eigenvalue weighted by Gasteiger charge is 2.38. The Hall–Kier alpha value is -2.67. The van der Waals surface area contributed by atoms with Crippen LogP contribution in [0.1, 0.15) is 45.2 Å². The first-order valence-electron chi connectivity index (χ1n) is 8.38. The number of amides is 2. The van der Waals surface area contributed by atoms with Gasteiger partial charge in [0.15, 0.2) is 0 Å². The van der Waals surface area contributed by atoms with Crippen LogP contribution >= 0.6 is 0 Å². The first kappa shape index (κ1) is 16.8. The Balaban J connectivity index is 1.94. The van der Waals surface area contributed by atoms with Crippen LogP contribution < -0.4 is 0 Å². The van der Waals surface area contributed by atoms with E-state index in [9.17, 15) is 18.4 Å². The van der Waals surface area contributed by atoms with Crippen molar-refractivity contribution in [2.75, 3.05) is 20.3 Å². The lowest BCUT2D eigenvalue weighted by molar-refractivity contribution is 0.0693. The van der Waals surface area contributed by atoms with Gasteiger partial charge >= 0.3 is 0 Å². The van der Waals surface area contributed by atoms with Crippen molar-refractivity contribution in [2.45, 2.75) is 18.8 Å². The average Bonchev–Trinajstić information content (AvgIpc) is 2.86. The van der Waals surface area contributed by atoms with Gasteiger partial charge in [-0.2, -0.15) is 0 Å². The van der Waals surface area contributed by atoms with Gasteiger partial charge in [0.1, 0.15) is 11.6 Å². The smallest absolute Gasteiger partial charge is 0.263 e. The van der Waals surface area contributed by atoms with Crippen LogP contribution in [-0.4, -0.2) is 42.0 Å². The van der Waals surface area contributed by atoms with Crippen molar-refractivity contribution >= 4 is 11.8 Å². The van der Waals surface area contributed by atoms with Gasteiger partial charge in [-0.25, -0.2) is 8.78 Å². The quantitative estimate of drug-likeness (QED) is 0.774. The number of nitrogens with zero attached hydrogens (tertiary/aromatic N) is 2. The molecule has 1 aromatic carbocycles. The third kappa shape index (κ3) is 2.59. The molecule has 7 heteroatoms. The largest absolute Gasteiger partial charge is 0.381 e. The van der Waals surface area contributed by atoms with Gasteiger partial charge in [-0.15, -0.1) is 0 Å². The predicted molar refractivity (Wildman–Crippen MR) is 88.8 cm³/mol. The molecule has 5 nitrogen and oxygen atoms in total. The maximum absolute atomic E-state index is 14.4. The van der Waals surface area contributed by atoms with Crippen LogP contribution in [0.5, 0.6) is 0 Å². The molecule has 2 amide bonds. The molecule has 1 saturated heterocycles. The Morgan fingerprint density at radius 1 is 1.08 bits per heavy atom. The number of pyridine rings is 1. The first-order valence-corrected chi connectivity index (χ1v) is 8.38. The topological polar surface area (TPSA) is 59.5 Å². The number of ether oxygens (including phenoxy) is 1. The van der Waals surface area contributed by atoms with Crippen LogP contribution in [0, 0.1) is 11.6 Å². The van der Waals surface area contributed by atoms with E-state index in [1.807, 2.05) is 0 Å². The molecule has 26 heavy (non-hydrogen) atoms. The second kappa shape index (κ2) is 6.25. The minimum absolute atomic E-state index is 0.00742. The summed E-state index contributed by atoms with van der Waals surface area (Å²) in [5, 5.41) is 0. The third-order valence-corrected chi connectivity index (χ3v) is 4.92. The zero-order valence-electron chi connectivity index (χ0n) is 14.1.